The number of thiophene rings is 1. The molecule has 4 amide bonds. The number of hydrogen-bond acceptors (Lipinski definition) is 6. The summed E-state index contributed by atoms with van der Waals surface area (Å²) in [6.07, 6.45) is 2.59. The van der Waals surface area contributed by atoms with Gasteiger partial charge in [-0.05, 0) is 51.5 Å². The maximum absolute atomic E-state index is 12.5. The highest BCUT2D eigenvalue weighted by Gasteiger charge is 2.45. The van der Waals surface area contributed by atoms with Crippen molar-refractivity contribution < 1.29 is 23.9 Å². The molecular weight excluding hydrogens is 382 g/mol. The lowest BCUT2D eigenvalue weighted by atomic mass is 9.88. The summed E-state index contributed by atoms with van der Waals surface area (Å²) in [5.41, 5.74) is 0.304. The van der Waals surface area contributed by atoms with Gasteiger partial charge in [0.15, 0.2) is 0 Å². The fourth-order valence-electron chi connectivity index (χ4n) is 3.53. The molecule has 0 unspecified atom stereocenters. The number of amides is 4. The monoisotopic (exact) mass is 407 g/mol. The normalized spacial score (nSPS) is 20.6. The van der Waals surface area contributed by atoms with Crippen molar-refractivity contribution in [1.29, 1.82) is 0 Å². The fraction of sp³-hybridized carbons (Fsp3) is 0.579. The van der Waals surface area contributed by atoms with Crippen LogP contribution in [0.25, 0.3) is 0 Å². The summed E-state index contributed by atoms with van der Waals surface area (Å²) in [5.74, 6) is -0.935. The molecule has 1 atom stereocenters. The third-order valence-electron chi connectivity index (χ3n) is 4.99. The first-order valence-electron chi connectivity index (χ1n) is 9.39. The third-order valence-corrected chi connectivity index (χ3v) is 6.16. The summed E-state index contributed by atoms with van der Waals surface area (Å²) in [6, 6.07) is -0.602. The molecule has 0 spiro atoms. The molecule has 0 aromatic carbocycles. The van der Waals surface area contributed by atoms with E-state index in [1.807, 2.05) is 0 Å². The van der Waals surface area contributed by atoms with Crippen molar-refractivity contribution in [1.82, 2.24) is 10.2 Å². The molecule has 0 saturated carbocycles. The SMILES string of the molecule is CCOC(=O)c1c(NC(=O)CN2C(=O)NC(C)(C)C2=O)sc2c1CC[C@H](C)C2. The molecule has 1 aromatic rings. The summed E-state index contributed by atoms with van der Waals surface area (Å²) in [7, 11) is 0. The van der Waals surface area contributed by atoms with Gasteiger partial charge in [0.25, 0.3) is 5.91 Å². The highest BCUT2D eigenvalue weighted by Crippen LogP contribution is 2.40. The zero-order valence-electron chi connectivity index (χ0n) is 16.5. The summed E-state index contributed by atoms with van der Waals surface area (Å²) < 4.78 is 5.18. The van der Waals surface area contributed by atoms with Crippen molar-refractivity contribution in [2.75, 3.05) is 18.5 Å². The van der Waals surface area contributed by atoms with Crippen LogP contribution < -0.4 is 10.6 Å². The van der Waals surface area contributed by atoms with Crippen LogP contribution in [0.5, 0.6) is 0 Å². The lowest BCUT2D eigenvalue weighted by Gasteiger charge is -2.18. The number of urea groups is 1. The van der Waals surface area contributed by atoms with Gasteiger partial charge >= 0.3 is 12.0 Å². The van der Waals surface area contributed by atoms with Crippen molar-refractivity contribution in [2.45, 2.75) is 52.5 Å². The number of nitrogens with zero attached hydrogens (tertiary/aromatic N) is 1. The summed E-state index contributed by atoms with van der Waals surface area (Å²) >= 11 is 1.37. The van der Waals surface area contributed by atoms with Crippen LogP contribution in [0.2, 0.25) is 0 Å². The molecule has 1 aliphatic heterocycles. The first-order valence-corrected chi connectivity index (χ1v) is 10.2. The Morgan fingerprint density at radius 1 is 1.36 bits per heavy atom. The first-order chi connectivity index (χ1) is 13.1. The number of nitrogens with one attached hydrogen (secondary N) is 2. The first kappa shape index (κ1) is 20.3. The second-order valence-corrected chi connectivity index (χ2v) is 8.88. The Hall–Kier alpha value is -2.42. The van der Waals surface area contributed by atoms with E-state index in [0.717, 1.165) is 34.6 Å². The van der Waals surface area contributed by atoms with Gasteiger partial charge in [-0.2, -0.15) is 0 Å². The van der Waals surface area contributed by atoms with E-state index in [0.29, 0.717) is 16.5 Å². The summed E-state index contributed by atoms with van der Waals surface area (Å²) in [5, 5.41) is 5.69. The maximum Gasteiger partial charge on any atom is 0.341 e. The molecule has 3 rings (SSSR count). The minimum absolute atomic E-state index is 0.241. The van der Waals surface area contributed by atoms with Gasteiger partial charge in [0.1, 0.15) is 17.1 Å². The molecule has 2 heterocycles. The van der Waals surface area contributed by atoms with E-state index in [2.05, 4.69) is 17.6 Å². The number of ether oxygens (including phenoxy) is 1. The number of anilines is 1. The van der Waals surface area contributed by atoms with Gasteiger partial charge in [0.2, 0.25) is 5.91 Å². The molecule has 1 saturated heterocycles. The van der Waals surface area contributed by atoms with E-state index in [4.69, 9.17) is 4.74 Å². The molecule has 1 aromatic heterocycles. The van der Waals surface area contributed by atoms with Gasteiger partial charge < -0.3 is 15.4 Å². The van der Waals surface area contributed by atoms with Crippen molar-refractivity contribution in [3.63, 3.8) is 0 Å². The van der Waals surface area contributed by atoms with Crippen LogP contribution in [-0.4, -0.2) is 47.4 Å². The second kappa shape index (κ2) is 7.54. The largest absolute Gasteiger partial charge is 0.462 e. The van der Waals surface area contributed by atoms with Gasteiger partial charge in [-0.15, -0.1) is 11.3 Å². The third kappa shape index (κ3) is 3.76. The molecule has 1 fully saturated rings. The number of hydrogen-bond donors (Lipinski definition) is 2. The zero-order valence-corrected chi connectivity index (χ0v) is 17.3. The molecule has 152 valence electrons. The average Bonchev–Trinajstić information content (AvgIpc) is 3.03. The molecule has 2 aliphatic rings. The number of imide groups is 1. The Bertz CT molecular complexity index is 845. The highest BCUT2D eigenvalue weighted by molar-refractivity contribution is 7.17. The number of carbonyl (C=O) groups excluding carboxylic acids is 4. The van der Waals surface area contributed by atoms with Gasteiger partial charge in [-0.25, -0.2) is 9.59 Å². The number of fused-ring (bicyclic) bond motifs is 1. The standard InChI is InChI=1S/C19H25N3O5S/c1-5-27-16(24)14-11-7-6-10(2)8-12(11)28-15(14)20-13(23)9-22-17(25)19(3,4)21-18(22)26/h10H,5-9H2,1-4H3,(H,20,23)(H,21,26)/t10-/m0/s1. The lowest BCUT2D eigenvalue weighted by Crippen LogP contribution is -2.41. The Kier molecular flexibility index (Phi) is 5.47. The van der Waals surface area contributed by atoms with Crippen LogP contribution in [0.4, 0.5) is 9.80 Å². The average molecular weight is 407 g/mol. The molecular formula is C19H25N3O5S. The van der Waals surface area contributed by atoms with Crippen molar-refractivity contribution in [2.24, 2.45) is 5.92 Å². The zero-order chi connectivity index (χ0) is 20.6. The van der Waals surface area contributed by atoms with E-state index in [9.17, 15) is 19.2 Å². The van der Waals surface area contributed by atoms with Crippen LogP contribution in [0, 0.1) is 5.92 Å². The molecule has 2 N–H and O–H groups in total. The van der Waals surface area contributed by atoms with Crippen molar-refractivity contribution >= 4 is 40.2 Å². The van der Waals surface area contributed by atoms with Gasteiger partial charge in [0, 0.05) is 4.88 Å². The number of rotatable bonds is 5. The van der Waals surface area contributed by atoms with E-state index in [1.165, 1.54) is 11.3 Å². The van der Waals surface area contributed by atoms with E-state index in [1.54, 1.807) is 20.8 Å². The van der Waals surface area contributed by atoms with E-state index < -0.39 is 35.9 Å². The number of esters is 1. The van der Waals surface area contributed by atoms with Crippen LogP contribution in [0.3, 0.4) is 0 Å². The summed E-state index contributed by atoms with van der Waals surface area (Å²) in [6.45, 7) is 6.89. The number of carbonyl (C=O) groups is 4. The molecule has 0 radical (unpaired) electrons. The smallest absolute Gasteiger partial charge is 0.341 e. The van der Waals surface area contributed by atoms with Crippen molar-refractivity contribution in [3.05, 3.63) is 16.0 Å². The topological polar surface area (TPSA) is 105 Å². The van der Waals surface area contributed by atoms with Gasteiger partial charge in [-0.3, -0.25) is 14.5 Å². The highest BCUT2D eigenvalue weighted by atomic mass is 32.1. The van der Waals surface area contributed by atoms with Crippen LogP contribution in [-0.2, 0) is 27.2 Å². The summed E-state index contributed by atoms with van der Waals surface area (Å²) in [4.78, 5) is 51.3. The van der Waals surface area contributed by atoms with Crippen LogP contribution in [0.1, 0.15) is 54.9 Å². The van der Waals surface area contributed by atoms with Crippen LogP contribution in [0.15, 0.2) is 0 Å². The minimum atomic E-state index is -1.04. The van der Waals surface area contributed by atoms with Gasteiger partial charge in [-0.1, -0.05) is 6.92 Å². The molecule has 1 aliphatic carbocycles. The quantitative estimate of drug-likeness (QED) is 0.576. The Morgan fingerprint density at radius 2 is 2.07 bits per heavy atom. The van der Waals surface area contributed by atoms with E-state index in [-0.39, 0.29) is 6.61 Å². The Labute approximate surface area is 167 Å². The molecule has 8 nitrogen and oxygen atoms in total. The van der Waals surface area contributed by atoms with Crippen LogP contribution >= 0.6 is 11.3 Å². The predicted molar refractivity (Wildman–Crippen MR) is 104 cm³/mol. The van der Waals surface area contributed by atoms with E-state index >= 15 is 0 Å². The molecule has 9 heteroatoms. The second-order valence-electron chi connectivity index (χ2n) is 7.77. The Balaban J connectivity index is 1.82. The van der Waals surface area contributed by atoms with Gasteiger partial charge in [0.05, 0.1) is 12.2 Å². The lowest BCUT2D eigenvalue weighted by molar-refractivity contribution is -0.132. The molecule has 28 heavy (non-hydrogen) atoms. The maximum atomic E-state index is 12.5. The fourth-order valence-corrected chi connectivity index (χ4v) is 4.94. The molecule has 0 bridgehead atoms. The minimum Gasteiger partial charge on any atom is -0.462 e. The Morgan fingerprint density at radius 3 is 2.68 bits per heavy atom. The predicted octanol–water partition coefficient (Wildman–Crippen LogP) is 2.32. The van der Waals surface area contributed by atoms with Crippen molar-refractivity contribution in [3.8, 4) is 0 Å².